The lowest BCUT2D eigenvalue weighted by Gasteiger charge is -2.12. The molecule has 6 nitrogen and oxygen atoms in total. The van der Waals surface area contributed by atoms with Gasteiger partial charge in [-0.05, 0) is 47.3 Å². The Balaban J connectivity index is 1.55. The fourth-order valence-electron chi connectivity index (χ4n) is 3.05. The van der Waals surface area contributed by atoms with Crippen molar-refractivity contribution in [1.29, 1.82) is 0 Å². The molecular weight excluding hydrogens is 390 g/mol. The van der Waals surface area contributed by atoms with Gasteiger partial charge in [0.05, 0.1) is 12.2 Å². The summed E-state index contributed by atoms with van der Waals surface area (Å²) in [6, 6.07) is 7.68. The van der Waals surface area contributed by atoms with Crippen molar-refractivity contribution < 1.29 is 37.2 Å². The van der Waals surface area contributed by atoms with Crippen LogP contribution in [0, 0.1) is 6.92 Å². The number of carbonyl (C=O) groups excluding carboxylic acids is 2. The molecule has 152 valence electrons. The summed E-state index contributed by atoms with van der Waals surface area (Å²) >= 11 is 0. The maximum atomic E-state index is 12.7. The number of rotatable bonds is 5. The fourth-order valence-corrected chi connectivity index (χ4v) is 3.05. The standard InChI is InChI=1S/C19H17BF3NO5/c1-11-15(6-5-13-10-29-20(27)17(11)13)18(26)24-8-16(25)28-9-12-3-2-4-14(7-12)19(21,22)23/h2-7,27H,8-10H2,1H3,(H,24,26). The first-order valence-electron chi connectivity index (χ1n) is 8.69. The smallest absolute Gasteiger partial charge is 0.460 e. The third-order valence-electron chi connectivity index (χ3n) is 4.54. The van der Waals surface area contributed by atoms with Crippen LogP contribution in [0.2, 0.25) is 0 Å². The maximum absolute atomic E-state index is 12.7. The zero-order valence-electron chi connectivity index (χ0n) is 15.4. The van der Waals surface area contributed by atoms with E-state index in [-0.39, 0.29) is 24.3 Å². The lowest BCUT2D eigenvalue weighted by molar-refractivity contribution is -0.143. The minimum absolute atomic E-state index is 0.183. The molecule has 2 aromatic carbocycles. The van der Waals surface area contributed by atoms with Crippen molar-refractivity contribution in [1.82, 2.24) is 5.32 Å². The minimum Gasteiger partial charge on any atom is -0.460 e. The molecule has 1 heterocycles. The molecule has 0 aromatic heterocycles. The lowest BCUT2D eigenvalue weighted by atomic mass is 9.75. The highest BCUT2D eigenvalue weighted by Crippen LogP contribution is 2.29. The number of ether oxygens (including phenoxy) is 1. The van der Waals surface area contributed by atoms with Gasteiger partial charge in [-0.25, -0.2) is 0 Å². The number of hydrogen-bond donors (Lipinski definition) is 2. The highest BCUT2D eigenvalue weighted by Gasteiger charge is 2.31. The fraction of sp³-hybridized carbons (Fsp3) is 0.263. The van der Waals surface area contributed by atoms with E-state index in [1.54, 1.807) is 19.1 Å². The van der Waals surface area contributed by atoms with Crippen LogP contribution in [0.1, 0.15) is 32.6 Å². The van der Waals surface area contributed by atoms with Gasteiger partial charge in [0.2, 0.25) is 0 Å². The largest absolute Gasteiger partial charge is 0.492 e. The second-order valence-electron chi connectivity index (χ2n) is 6.52. The minimum atomic E-state index is -4.49. The third-order valence-corrected chi connectivity index (χ3v) is 4.54. The number of nitrogens with one attached hydrogen (secondary N) is 1. The highest BCUT2D eigenvalue weighted by atomic mass is 19.4. The average molecular weight is 407 g/mol. The quantitative estimate of drug-likeness (QED) is 0.583. The molecular formula is C19H17BF3NO5. The molecule has 0 aliphatic carbocycles. The van der Waals surface area contributed by atoms with E-state index in [0.717, 1.165) is 17.7 Å². The van der Waals surface area contributed by atoms with Crippen molar-refractivity contribution in [2.75, 3.05) is 6.54 Å². The Bertz CT molecular complexity index is 948. The van der Waals surface area contributed by atoms with Gasteiger partial charge >= 0.3 is 19.3 Å². The SMILES string of the molecule is Cc1c(C(=O)NCC(=O)OCc2cccc(C(F)(F)F)c2)ccc2c1B(O)OC2. The van der Waals surface area contributed by atoms with Gasteiger partial charge < -0.3 is 19.7 Å². The van der Waals surface area contributed by atoms with Crippen LogP contribution < -0.4 is 10.8 Å². The second kappa shape index (κ2) is 8.26. The van der Waals surface area contributed by atoms with E-state index >= 15 is 0 Å². The van der Waals surface area contributed by atoms with Crippen LogP contribution >= 0.6 is 0 Å². The van der Waals surface area contributed by atoms with Crippen LogP contribution in [-0.4, -0.2) is 30.6 Å². The zero-order chi connectivity index (χ0) is 21.2. The second-order valence-corrected chi connectivity index (χ2v) is 6.52. The lowest BCUT2D eigenvalue weighted by Crippen LogP contribution is -2.35. The van der Waals surface area contributed by atoms with E-state index in [1.807, 2.05) is 0 Å². The van der Waals surface area contributed by atoms with E-state index in [9.17, 15) is 27.8 Å². The summed E-state index contributed by atoms with van der Waals surface area (Å²) in [6.07, 6.45) is -4.49. The van der Waals surface area contributed by atoms with Gasteiger partial charge in [-0.2, -0.15) is 13.2 Å². The van der Waals surface area contributed by atoms with Gasteiger partial charge in [0.15, 0.2) is 0 Å². The number of amides is 1. The molecule has 1 amide bonds. The Morgan fingerprint density at radius 1 is 1.28 bits per heavy atom. The number of carbonyl (C=O) groups is 2. The Morgan fingerprint density at radius 3 is 2.76 bits per heavy atom. The first kappa shape index (κ1) is 20.9. The summed E-state index contributed by atoms with van der Waals surface area (Å²) in [6.45, 7) is 1.12. The Morgan fingerprint density at radius 2 is 2.03 bits per heavy atom. The molecule has 0 saturated heterocycles. The monoisotopic (exact) mass is 407 g/mol. The van der Waals surface area contributed by atoms with Crippen LogP contribution in [0.15, 0.2) is 36.4 Å². The molecule has 1 aliphatic heterocycles. The predicted octanol–water partition coefficient (Wildman–Crippen LogP) is 1.70. The maximum Gasteiger partial charge on any atom is 0.492 e. The van der Waals surface area contributed by atoms with Gasteiger partial charge in [0.25, 0.3) is 5.91 Å². The number of alkyl halides is 3. The molecule has 0 fully saturated rings. The molecule has 0 saturated carbocycles. The summed E-state index contributed by atoms with van der Waals surface area (Å²) in [5, 5.41) is 12.2. The van der Waals surface area contributed by atoms with E-state index in [0.29, 0.717) is 11.0 Å². The first-order chi connectivity index (χ1) is 13.7. The van der Waals surface area contributed by atoms with E-state index in [4.69, 9.17) is 9.39 Å². The number of esters is 1. The van der Waals surface area contributed by atoms with E-state index in [1.165, 1.54) is 12.1 Å². The summed E-state index contributed by atoms with van der Waals surface area (Å²) in [4.78, 5) is 24.2. The number of halogens is 3. The van der Waals surface area contributed by atoms with Crippen molar-refractivity contribution in [3.63, 3.8) is 0 Å². The Hall–Kier alpha value is -2.85. The normalized spacial score (nSPS) is 13.2. The Labute approximate surface area is 164 Å². The van der Waals surface area contributed by atoms with Gasteiger partial charge in [-0.15, -0.1) is 0 Å². The summed E-state index contributed by atoms with van der Waals surface area (Å²) in [5.74, 6) is -1.33. The van der Waals surface area contributed by atoms with E-state index < -0.39 is 37.3 Å². The van der Waals surface area contributed by atoms with Gasteiger partial charge in [0, 0.05) is 5.56 Å². The molecule has 0 radical (unpaired) electrons. The van der Waals surface area contributed by atoms with Crippen molar-refractivity contribution in [3.05, 3.63) is 64.2 Å². The molecule has 3 rings (SSSR count). The van der Waals surface area contributed by atoms with Crippen LogP contribution in [0.5, 0.6) is 0 Å². The van der Waals surface area contributed by atoms with Crippen molar-refractivity contribution >= 4 is 24.5 Å². The molecule has 29 heavy (non-hydrogen) atoms. The predicted molar refractivity (Wildman–Crippen MR) is 97.1 cm³/mol. The average Bonchev–Trinajstić information content (AvgIpc) is 3.06. The summed E-state index contributed by atoms with van der Waals surface area (Å²) in [7, 11) is -1.10. The molecule has 0 bridgehead atoms. The molecule has 0 atom stereocenters. The number of benzene rings is 2. The summed E-state index contributed by atoms with van der Waals surface area (Å²) in [5.41, 5.74) is 1.48. The number of fused-ring (bicyclic) bond motifs is 1. The molecule has 2 aromatic rings. The molecule has 0 spiro atoms. The highest BCUT2D eigenvalue weighted by molar-refractivity contribution is 6.62. The molecule has 1 aliphatic rings. The van der Waals surface area contributed by atoms with Crippen LogP contribution in [0.25, 0.3) is 0 Å². The first-order valence-corrected chi connectivity index (χ1v) is 8.69. The molecule has 10 heteroatoms. The van der Waals surface area contributed by atoms with Crippen LogP contribution in [0.3, 0.4) is 0 Å². The molecule has 0 unspecified atom stereocenters. The van der Waals surface area contributed by atoms with Crippen LogP contribution in [0.4, 0.5) is 13.2 Å². The third kappa shape index (κ3) is 4.77. The van der Waals surface area contributed by atoms with Crippen LogP contribution in [-0.2, 0) is 33.6 Å². The topological polar surface area (TPSA) is 84.9 Å². The summed E-state index contributed by atoms with van der Waals surface area (Å²) < 4.78 is 48.1. The number of hydrogen-bond acceptors (Lipinski definition) is 5. The van der Waals surface area contributed by atoms with Gasteiger partial charge in [-0.3, -0.25) is 9.59 Å². The van der Waals surface area contributed by atoms with E-state index in [2.05, 4.69) is 5.32 Å². The van der Waals surface area contributed by atoms with Gasteiger partial charge in [-0.1, -0.05) is 18.2 Å². The van der Waals surface area contributed by atoms with Crippen molar-refractivity contribution in [2.24, 2.45) is 0 Å². The Kier molecular flexibility index (Phi) is 5.95. The zero-order valence-corrected chi connectivity index (χ0v) is 15.4. The van der Waals surface area contributed by atoms with Gasteiger partial charge in [0.1, 0.15) is 13.2 Å². The van der Waals surface area contributed by atoms with Crippen molar-refractivity contribution in [2.45, 2.75) is 26.3 Å². The molecule has 2 N–H and O–H groups in total. The van der Waals surface area contributed by atoms with Crippen molar-refractivity contribution in [3.8, 4) is 0 Å².